The fraction of sp³-hybridized carbons (Fsp3) is 0.222. The summed E-state index contributed by atoms with van der Waals surface area (Å²) in [4.78, 5) is 49.3. The van der Waals surface area contributed by atoms with Crippen LogP contribution in [0.3, 0.4) is 0 Å². The van der Waals surface area contributed by atoms with E-state index in [2.05, 4.69) is 15.0 Å². The number of ether oxygens (including phenoxy) is 2. The van der Waals surface area contributed by atoms with Gasteiger partial charge in [0.05, 0.1) is 25.3 Å². The first-order valence-electron chi connectivity index (χ1n) is 11.9. The molecule has 0 unspecified atom stereocenters. The zero-order valence-electron chi connectivity index (χ0n) is 21.1. The lowest BCUT2D eigenvalue weighted by molar-refractivity contribution is -0.145. The minimum atomic E-state index is -2.63. The number of aromatic nitrogens is 4. The van der Waals surface area contributed by atoms with Crippen LogP contribution in [0.4, 0.5) is 14.5 Å². The van der Waals surface area contributed by atoms with Gasteiger partial charge in [0.25, 0.3) is 6.43 Å². The number of pyridine rings is 1. The fourth-order valence-corrected chi connectivity index (χ4v) is 3.69. The Morgan fingerprint density at radius 3 is 2.36 bits per heavy atom. The van der Waals surface area contributed by atoms with E-state index in [4.69, 9.17) is 9.47 Å². The molecule has 0 aliphatic rings. The maximum atomic E-state index is 13.4. The number of halogens is 2. The Morgan fingerprint density at radius 1 is 1.03 bits per heavy atom. The molecule has 0 aliphatic carbocycles. The van der Waals surface area contributed by atoms with E-state index < -0.39 is 29.7 Å². The molecule has 2 heterocycles. The first kappa shape index (κ1) is 27.2. The van der Waals surface area contributed by atoms with Crippen LogP contribution in [0.5, 0.6) is 11.6 Å². The van der Waals surface area contributed by atoms with Crippen LogP contribution in [0.15, 0.2) is 87.5 Å². The predicted octanol–water partition coefficient (Wildman–Crippen LogP) is 3.55. The van der Waals surface area contributed by atoms with Crippen LogP contribution >= 0.6 is 0 Å². The molecular weight excluding hydrogens is 512 g/mol. The van der Waals surface area contributed by atoms with Gasteiger partial charge in [-0.15, -0.1) is 0 Å². The highest BCUT2D eigenvalue weighted by atomic mass is 19.3. The number of nitrogens with one attached hydrogen (secondary N) is 1. The average molecular weight is 538 g/mol. The lowest BCUT2D eigenvalue weighted by atomic mass is 10.1. The molecule has 0 saturated heterocycles. The van der Waals surface area contributed by atoms with E-state index in [-0.39, 0.29) is 24.3 Å². The topological polar surface area (TPSA) is 121 Å². The number of H-pyrrole nitrogens is 1. The van der Waals surface area contributed by atoms with Crippen molar-refractivity contribution in [3.05, 3.63) is 111 Å². The molecule has 12 heteroatoms. The third kappa shape index (κ3) is 6.72. The van der Waals surface area contributed by atoms with E-state index in [1.165, 1.54) is 42.9 Å². The second-order valence-corrected chi connectivity index (χ2v) is 8.58. The number of carbonyl (C=O) groups excluding carboxylic acids is 1. The first-order chi connectivity index (χ1) is 18.7. The smallest absolute Gasteiger partial charge is 0.335 e. The zero-order chi connectivity index (χ0) is 27.9. The van der Waals surface area contributed by atoms with Gasteiger partial charge in [0.15, 0.2) is 0 Å². The number of carbonyl (C=O) groups is 1. The largest absolute Gasteiger partial charge is 0.469 e. The molecule has 2 aromatic carbocycles. The first-order valence-corrected chi connectivity index (χ1v) is 11.9. The van der Waals surface area contributed by atoms with Crippen molar-refractivity contribution < 1.29 is 23.0 Å². The normalized spacial score (nSPS) is 12.4. The van der Waals surface area contributed by atoms with Crippen LogP contribution in [-0.4, -0.2) is 32.2 Å². The summed E-state index contributed by atoms with van der Waals surface area (Å²) in [6.45, 7) is 1.22. The summed E-state index contributed by atoms with van der Waals surface area (Å²) in [5, 5.41) is 0. The summed E-state index contributed by atoms with van der Waals surface area (Å²) in [7, 11) is 1.21. The number of hydrogen-bond acceptors (Lipinski definition) is 7. The van der Waals surface area contributed by atoms with Crippen molar-refractivity contribution in [3.8, 4) is 11.6 Å². The maximum absolute atomic E-state index is 13.4. The third-order valence-electron chi connectivity index (χ3n) is 5.75. The minimum absolute atomic E-state index is 0.0664. The molecule has 1 atom stereocenters. The van der Waals surface area contributed by atoms with Crippen molar-refractivity contribution in [2.45, 2.75) is 26.4 Å². The molecule has 4 rings (SSSR count). The summed E-state index contributed by atoms with van der Waals surface area (Å²) in [6, 6.07) is 17.3. The van der Waals surface area contributed by atoms with Gasteiger partial charge in [-0.1, -0.05) is 37.3 Å². The van der Waals surface area contributed by atoms with Gasteiger partial charge in [-0.25, -0.2) is 32.9 Å². The van der Waals surface area contributed by atoms with Crippen LogP contribution in [0.2, 0.25) is 0 Å². The highest BCUT2D eigenvalue weighted by Crippen LogP contribution is 2.22. The molecule has 0 bridgehead atoms. The van der Waals surface area contributed by atoms with E-state index in [0.717, 1.165) is 4.57 Å². The number of hydrogen-bond donors (Lipinski definition) is 1. The summed E-state index contributed by atoms with van der Waals surface area (Å²) < 4.78 is 38.4. The van der Waals surface area contributed by atoms with Crippen molar-refractivity contribution in [1.29, 1.82) is 0 Å². The minimum Gasteiger partial charge on any atom is -0.469 e. The van der Waals surface area contributed by atoms with Gasteiger partial charge < -0.3 is 9.47 Å². The third-order valence-corrected chi connectivity index (χ3v) is 5.75. The van der Waals surface area contributed by atoms with E-state index in [1.807, 2.05) is 0 Å². The van der Waals surface area contributed by atoms with E-state index in [1.54, 1.807) is 48.7 Å². The van der Waals surface area contributed by atoms with Crippen molar-refractivity contribution >= 4 is 11.7 Å². The Kier molecular flexibility index (Phi) is 8.44. The number of aromatic amines is 1. The van der Waals surface area contributed by atoms with Crippen molar-refractivity contribution in [3.63, 3.8) is 0 Å². The van der Waals surface area contributed by atoms with Gasteiger partial charge in [-0.3, -0.25) is 14.3 Å². The van der Waals surface area contributed by atoms with E-state index in [9.17, 15) is 23.2 Å². The van der Waals surface area contributed by atoms with Crippen LogP contribution in [-0.2, 0) is 22.6 Å². The van der Waals surface area contributed by atoms with Crippen LogP contribution in [0.25, 0.3) is 0 Å². The van der Waals surface area contributed by atoms with Crippen molar-refractivity contribution in [1.82, 2.24) is 19.1 Å². The van der Waals surface area contributed by atoms with Gasteiger partial charge in [0.2, 0.25) is 11.5 Å². The number of nitrogens with zero attached hydrogens (tertiary/aromatic N) is 4. The van der Waals surface area contributed by atoms with Gasteiger partial charge >= 0.3 is 17.3 Å². The molecule has 10 nitrogen and oxygen atoms in total. The molecule has 0 amide bonds. The second-order valence-electron chi connectivity index (χ2n) is 8.58. The number of benzene rings is 2. The fourth-order valence-electron chi connectivity index (χ4n) is 3.69. The number of rotatable bonds is 9. The molecule has 0 radical (unpaired) electrons. The lowest BCUT2D eigenvalue weighted by Gasteiger charge is -2.14. The zero-order valence-corrected chi connectivity index (χ0v) is 21.1. The quantitative estimate of drug-likeness (QED) is 0.326. The van der Waals surface area contributed by atoms with Crippen LogP contribution < -0.4 is 21.7 Å². The molecule has 0 spiro atoms. The van der Waals surface area contributed by atoms with Gasteiger partial charge in [-0.05, 0) is 35.9 Å². The molecule has 0 fully saturated rings. The average Bonchev–Trinajstić information content (AvgIpc) is 2.94. The lowest BCUT2D eigenvalue weighted by Crippen LogP contribution is -2.51. The van der Waals surface area contributed by atoms with Crippen LogP contribution in [0.1, 0.15) is 24.5 Å². The second kappa shape index (κ2) is 12.1. The molecule has 2 aromatic heterocycles. The molecule has 1 N–H and O–H groups in total. The van der Waals surface area contributed by atoms with Gasteiger partial charge in [-0.2, -0.15) is 0 Å². The summed E-state index contributed by atoms with van der Waals surface area (Å²) >= 11 is 0. The number of alkyl halides is 2. The highest BCUT2D eigenvalue weighted by molar-refractivity contribution is 5.71. The maximum Gasteiger partial charge on any atom is 0.335 e. The van der Waals surface area contributed by atoms with Gasteiger partial charge in [0, 0.05) is 24.4 Å². The monoisotopic (exact) mass is 537 g/mol. The Hall–Kier alpha value is -4.87. The Bertz CT molecular complexity index is 1610. The SMILES string of the molecule is COC(=O)[C@@H](C)Cn1c(=O)[nH]/c(=N\c2ccc(Oc3ccccn3)cc2)n(Cc2ccc(C(F)F)cc2)c1=O. The van der Waals surface area contributed by atoms with Crippen molar-refractivity contribution in [2.75, 3.05) is 7.11 Å². The Labute approximate surface area is 220 Å². The summed E-state index contributed by atoms with van der Waals surface area (Å²) in [5.41, 5.74) is -0.802. The summed E-state index contributed by atoms with van der Waals surface area (Å²) in [6.07, 6.45) is -1.03. The standard InChI is InChI=1S/C27H25F2N5O5/c1-17(24(35)38-2)15-34-26(36)32-25(33(27(34)37)16-18-6-8-19(9-7-18)23(28)29)31-20-10-12-21(13-11-20)39-22-5-3-4-14-30-22/h3-14,17,23H,15-16H2,1-2H3,(H,31,32,36)/t17-/m0/s1. The number of esters is 1. The molecular formula is C27H25F2N5O5. The molecule has 0 aliphatic heterocycles. The molecule has 39 heavy (non-hydrogen) atoms. The molecule has 4 aromatic rings. The highest BCUT2D eigenvalue weighted by Gasteiger charge is 2.18. The Balaban J connectivity index is 1.74. The van der Waals surface area contributed by atoms with E-state index >= 15 is 0 Å². The Morgan fingerprint density at radius 2 is 1.74 bits per heavy atom. The van der Waals surface area contributed by atoms with E-state index in [0.29, 0.717) is 22.9 Å². The summed E-state index contributed by atoms with van der Waals surface area (Å²) in [5.74, 6) is -0.452. The molecule has 202 valence electrons. The van der Waals surface area contributed by atoms with Gasteiger partial charge in [0.1, 0.15) is 5.75 Å². The molecule has 0 saturated carbocycles. The van der Waals surface area contributed by atoms with Crippen molar-refractivity contribution in [2.24, 2.45) is 10.9 Å². The number of methoxy groups -OCH3 is 1. The predicted molar refractivity (Wildman–Crippen MR) is 137 cm³/mol. The van der Waals surface area contributed by atoms with Crippen LogP contribution in [0, 0.1) is 5.92 Å².